The molecule has 1 unspecified atom stereocenters. The second kappa shape index (κ2) is 8.90. The molecule has 6 nitrogen and oxygen atoms in total. The average molecular weight is 292 g/mol. The van der Waals surface area contributed by atoms with Gasteiger partial charge in [-0.3, -0.25) is 4.72 Å². The Hall–Kier alpha value is -1.11. The lowest BCUT2D eigenvalue weighted by Gasteiger charge is -2.27. The number of amides is 2. The lowest BCUT2D eigenvalue weighted by atomic mass is 9.87. The first-order valence-electron chi connectivity index (χ1n) is 6.29. The van der Waals surface area contributed by atoms with Crippen molar-refractivity contribution >= 4 is 24.1 Å². The molecule has 0 fully saturated rings. The summed E-state index contributed by atoms with van der Waals surface area (Å²) in [6.07, 6.45) is 0.358. The van der Waals surface area contributed by atoms with E-state index in [0.29, 0.717) is 0 Å². The monoisotopic (exact) mass is 292 g/mol. The van der Waals surface area contributed by atoms with Crippen LogP contribution in [0.2, 0.25) is 0 Å². The van der Waals surface area contributed by atoms with Crippen molar-refractivity contribution in [2.45, 2.75) is 45.8 Å². The summed E-state index contributed by atoms with van der Waals surface area (Å²) in [6, 6.07) is 0. The molecule has 0 aromatic carbocycles. The molecule has 0 radical (unpaired) electrons. The number of rotatable bonds is 8. The summed E-state index contributed by atoms with van der Waals surface area (Å²) in [7, 11) is 0. The molecule has 0 aromatic rings. The zero-order chi connectivity index (χ0) is 14.9. The molecule has 0 aliphatic heterocycles. The van der Waals surface area contributed by atoms with Gasteiger partial charge in [-0.25, -0.2) is 9.59 Å². The Morgan fingerprint density at radius 3 is 2.37 bits per heavy atom. The van der Waals surface area contributed by atoms with Crippen molar-refractivity contribution in [2.75, 3.05) is 13.2 Å². The number of nitrogens with two attached hydrogens (primary N) is 1. The van der Waals surface area contributed by atoms with Crippen LogP contribution >= 0.6 is 11.9 Å². The molecule has 0 bridgehead atoms. The standard InChI is InChI=1S/C12H24N2O4S/c1-5-6-12(4,7-17-10(13)15)8-18-11(16)14-19-9(2)3/h9H,5-8H2,1-4H3,(H2,13,15)(H,14,16). The molecule has 7 heteroatoms. The summed E-state index contributed by atoms with van der Waals surface area (Å²) in [4.78, 5) is 22.1. The molecule has 2 amide bonds. The number of hydrogen-bond acceptors (Lipinski definition) is 5. The van der Waals surface area contributed by atoms with E-state index >= 15 is 0 Å². The SMILES string of the molecule is CCCC(C)(COC(N)=O)COC(=O)NSC(C)C. The molecular formula is C12H24N2O4S. The van der Waals surface area contributed by atoms with Gasteiger partial charge in [0, 0.05) is 10.7 Å². The summed E-state index contributed by atoms with van der Waals surface area (Å²) in [6.45, 7) is 8.15. The molecule has 0 rings (SSSR count). The summed E-state index contributed by atoms with van der Waals surface area (Å²) in [5.41, 5.74) is 4.54. The Bertz CT molecular complexity index is 299. The van der Waals surface area contributed by atoms with Gasteiger partial charge in [-0.15, -0.1) is 0 Å². The van der Waals surface area contributed by atoms with Crippen LogP contribution in [-0.4, -0.2) is 30.7 Å². The van der Waals surface area contributed by atoms with Crippen LogP contribution in [0.3, 0.4) is 0 Å². The van der Waals surface area contributed by atoms with Gasteiger partial charge in [0.2, 0.25) is 0 Å². The van der Waals surface area contributed by atoms with E-state index in [1.807, 2.05) is 27.7 Å². The fourth-order valence-electron chi connectivity index (χ4n) is 1.47. The fraction of sp³-hybridized carbons (Fsp3) is 0.833. The maximum absolute atomic E-state index is 11.4. The number of primary amides is 1. The summed E-state index contributed by atoms with van der Waals surface area (Å²) >= 11 is 1.29. The Morgan fingerprint density at radius 2 is 1.89 bits per heavy atom. The maximum atomic E-state index is 11.4. The molecule has 0 heterocycles. The molecule has 0 saturated carbocycles. The van der Waals surface area contributed by atoms with Crippen LogP contribution in [0.25, 0.3) is 0 Å². The van der Waals surface area contributed by atoms with Gasteiger partial charge in [0.1, 0.15) is 13.2 Å². The lowest BCUT2D eigenvalue weighted by Crippen LogP contribution is -2.34. The first-order valence-corrected chi connectivity index (χ1v) is 7.17. The smallest absolute Gasteiger partial charge is 0.417 e. The fourth-order valence-corrected chi connectivity index (χ4v) is 1.86. The van der Waals surface area contributed by atoms with E-state index in [0.717, 1.165) is 12.8 Å². The minimum absolute atomic E-state index is 0.140. The van der Waals surface area contributed by atoms with Gasteiger partial charge in [-0.1, -0.05) is 34.1 Å². The van der Waals surface area contributed by atoms with Gasteiger partial charge in [0.15, 0.2) is 0 Å². The van der Waals surface area contributed by atoms with Crippen molar-refractivity contribution in [3.63, 3.8) is 0 Å². The zero-order valence-corrected chi connectivity index (χ0v) is 12.8. The highest BCUT2D eigenvalue weighted by Crippen LogP contribution is 2.24. The van der Waals surface area contributed by atoms with Crippen LogP contribution < -0.4 is 10.5 Å². The van der Waals surface area contributed by atoms with Crippen molar-refractivity contribution in [2.24, 2.45) is 11.1 Å². The third-order valence-electron chi connectivity index (χ3n) is 2.35. The third-order valence-corrected chi connectivity index (χ3v) is 3.10. The van der Waals surface area contributed by atoms with E-state index in [2.05, 4.69) is 4.72 Å². The second-order valence-electron chi connectivity index (χ2n) is 5.01. The number of carbonyl (C=O) groups is 2. The van der Waals surface area contributed by atoms with Gasteiger partial charge in [0.05, 0.1) is 0 Å². The van der Waals surface area contributed by atoms with E-state index in [-0.39, 0.29) is 18.5 Å². The Kier molecular flexibility index (Phi) is 8.38. The van der Waals surface area contributed by atoms with Crippen LogP contribution in [0.15, 0.2) is 0 Å². The van der Waals surface area contributed by atoms with Crippen LogP contribution in [0.1, 0.15) is 40.5 Å². The highest BCUT2D eigenvalue weighted by atomic mass is 32.2. The molecule has 1 atom stereocenters. The molecule has 0 aromatic heterocycles. The average Bonchev–Trinajstić information content (AvgIpc) is 2.32. The highest BCUT2D eigenvalue weighted by Gasteiger charge is 2.27. The van der Waals surface area contributed by atoms with Crippen LogP contribution in [0.5, 0.6) is 0 Å². The number of ether oxygens (including phenoxy) is 2. The van der Waals surface area contributed by atoms with E-state index in [4.69, 9.17) is 15.2 Å². The van der Waals surface area contributed by atoms with Crippen molar-refractivity contribution in [1.29, 1.82) is 0 Å². The van der Waals surface area contributed by atoms with Gasteiger partial charge >= 0.3 is 12.2 Å². The topological polar surface area (TPSA) is 90.7 Å². The minimum atomic E-state index is -0.817. The predicted octanol–water partition coefficient (Wildman–Crippen LogP) is 2.67. The van der Waals surface area contributed by atoms with Gasteiger partial charge in [0.25, 0.3) is 0 Å². The van der Waals surface area contributed by atoms with Crippen molar-refractivity contribution < 1.29 is 19.1 Å². The molecule has 0 saturated heterocycles. The number of hydrogen-bond donors (Lipinski definition) is 2. The largest absolute Gasteiger partial charge is 0.449 e. The summed E-state index contributed by atoms with van der Waals surface area (Å²) in [5, 5.41) is 0.285. The second-order valence-corrected chi connectivity index (χ2v) is 6.40. The van der Waals surface area contributed by atoms with E-state index in [1.165, 1.54) is 11.9 Å². The van der Waals surface area contributed by atoms with Gasteiger partial charge in [-0.2, -0.15) is 0 Å². The number of nitrogens with one attached hydrogen (secondary N) is 1. The molecular weight excluding hydrogens is 268 g/mol. The molecule has 0 aliphatic rings. The van der Waals surface area contributed by atoms with Crippen LogP contribution in [-0.2, 0) is 9.47 Å². The Labute approximate surface area is 118 Å². The molecule has 0 spiro atoms. The predicted molar refractivity (Wildman–Crippen MR) is 75.8 cm³/mol. The van der Waals surface area contributed by atoms with E-state index in [1.54, 1.807) is 0 Å². The lowest BCUT2D eigenvalue weighted by molar-refractivity contribution is 0.0357. The van der Waals surface area contributed by atoms with Gasteiger partial charge < -0.3 is 15.2 Å². The Morgan fingerprint density at radius 1 is 1.32 bits per heavy atom. The van der Waals surface area contributed by atoms with E-state index in [9.17, 15) is 9.59 Å². The van der Waals surface area contributed by atoms with Crippen LogP contribution in [0, 0.1) is 5.41 Å². The minimum Gasteiger partial charge on any atom is -0.449 e. The summed E-state index contributed by atoms with van der Waals surface area (Å²) < 4.78 is 12.5. The number of carbonyl (C=O) groups excluding carboxylic acids is 2. The zero-order valence-electron chi connectivity index (χ0n) is 12.0. The molecule has 3 N–H and O–H groups in total. The quantitative estimate of drug-likeness (QED) is 0.671. The van der Waals surface area contributed by atoms with E-state index < -0.39 is 17.6 Å². The molecule has 19 heavy (non-hydrogen) atoms. The Balaban J connectivity index is 4.18. The summed E-state index contributed by atoms with van der Waals surface area (Å²) in [5.74, 6) is 0. The van der Waals surface area contributed by atoms with Crippen molar-refractivity contribution in [1.82, 2.24) is 4.72 Å². The maximum Gasteiger partial charge on any atom is 0.417 e. The van der Waals surface area contributed by atoms with Gasteiger partial charge in [-0.05, 0) is 18.4 Å². The normalized spacial score (nSPS) is 13.7. The third kappa shape index (κ3) is 9.47. The first-order chi connectivity index (χ1) is 8.79. The van der Waals surface area contributed by atoms with Crippen molar-refractivity contribution in [3.8, 4) is 0 Å². The molecule has 0 aliphatic carbocycles. The van der Waals surface area contributed by atoms with Crippen molar-refractivity contribution in [3.05, 3.63) is 0 Å². The van der Waals surface area contributed by atoms with Crippen LogP contribution in [0.4, 0.5) is 9.59 Å². The molecule has 112 valence electrons. The highest BCUT2D eigenvalue weighted by molar-refractivity contribution is 7.98. The first kappa shape index (κ1) is 17.9.